The molecule has 0 saturated heterocycles. The molecule has 1 rings (SSSR count). The number of likely N-dealkylation sites (N-methyl/N-ethyl adjacent to an activating group) is 2. The van der Waals surface area contributed by atoms with Crippen LogP contribution in [0.1, 0.15) is 17.3 Å². The Morgan fingerprint density at radius 1 is 1.20 bits per heavy atom. The molecule has 110 valence electrons. The molecule has 6 heteroatoms. The van der Waals surface area contributed by atoms with Crippen LogP contribution in [0.2, 0.25) is 0 Å². The van der Waals surface area contributed by atoms with Crippen molar-refractivity contribution in [2.75, 3.05) is 27.7 Å². The summed E-state index contributed by atoms with van der Waals surface area (Å²) in [6.07, 6.45) is 0. The minimum atomic E-state index is -0.894. The zero-order valence-electron chi connectivity index (χ0n) is 12.0. The van der Waals surface area contributed by atoms with Crippen molar-refractivity contribution in [1.82, 2.24) is 9.80 Å². The maximum atomic E-state index is 13.6. The molecule has 0 N–H and O–H groups in total. The van der Waals surface area contributed by atoms with Crippen LogP contribution in [-0.4, -0.2) is 55.2 Å². The molecule has 0 radical (unpaired) electrons. The maximum Gasteiger partial charge on any atom is 0.236 e. The van der Waals surface area contributed by atoms with Gasteiger partial charge in [-0.15, -0.1) is 0 Å². The third-order valence-corrected chi connectivity index (χ3v) is 3.12. The number of amides is 1. The highest BCUT2D eigenvalue weighted by Gasteiger charge is 2.24. The first-order chi connectivity index (χ1) is 9.23. The van der Waals surface area contributed by atoms with E-state index < -0.39 is 23.5 Å². The van der Waals surface area contributed by atoms with E-state index in [0.717, 1.165) is 12.1 Å². The predicted molar refractivity (Wildman–Crippen MR) is 71.5 cm³/mol. The number of Topliss-reactive ketones (excluding diaryl/α,β-unsaturated/α-hetero) is 1. The van der Waals surface area contributed by atoms with Gasteiger partial charge in [0.15, 0.2) is 5.78 Å². The Hall–Kier alpha value is -1.82. The largest absolute Gasteiger partial charge is 0.348 e. The fourth-order valence-electron chi connectivity index (χ4n) is 1.61. The lowest BCUT2D eigenvalue weighted by Gasteiger charge is -2.24. The Morgan fingerprint density at radius 3 is 2.30 bits per heavy atom. The minimum Gasteiger partial charge on any atom is -0.348 e. The van der Waals surface area contributed by atoms with Crippen LogP contribution in [-0.2, 0) is 4.79 Å². The second-order valence-corrected chi connectivity index (χ2v) is 4.87. The molecular weight excluding hydrogens is 266 g/mol. The fourth-order valence-corrected chi connectivity index (χ4v) is 1.61. The number of hydrogen-bond acceptors (Lipinski definition) is 3. The van der Waals surface area contributed by atoms with Crippen molar-refractivity contribution in [3.8, 4) is 0 Å². The Kier molecular flexibility index (Phi) is 5.33. The Labute approximate surface area is 117 Å². The zero-order chi connectivity index (χ0) is 15.4. The van der Waals surface area contributed by atoms with Crippen molar-refractivity contribution in [3.63, 3.8) is 0 Å². The molecule has 1 unspecified atom stereocenters. The topological polar surface area (TPSA) is 40.6 Å². The Balaban J connectivity index is 2.83. The van der Waals surface area contributed by atoms with Crippen molar-refractivity contribution in [1.29, 1.82) is 0 Å². The number of carbonyl (C=O) groups excluding carboxylic acids is 2. The van der Waals surface area contributed by atoms with Crippen LogP contribution in [0.15, 0.2) is 18.2 Å². The maximum absolute atomic E-state index is 13.6. The molecule has 1 atom stereocenters. The monoisotopic (exact) mass is 284 g/mol. The number of halogens is 2. The van der Waals surface area contributed by atoms with Crippen molar-refractivity contribution < 1.29 is 18.4 Å². The van der Waals surface area contributed by atoms with Crippen molar-refractivity contribution in [2.24, 2.45) is 0 Å². The second kappa shape index (κ2) is 6.56. The Bertz CT molecular complexity index is 518. The normalized spacial score (nSPS) is 12.3. The van der Waals surface area contributed by atoms with Crippen LogP contribution in [0.4, 0.5) is 8.78 Å². The molecule has 1 aromatic rings. The molecule has 0 saturated carbocycles. The number of rotatable bonds is 5. The summed E-state index contributed by atoms with van der Waals surface area (Å²) in [5.74, 6) is -2.28. The van der Waals surface area contributed by atoms with Gasteiger partial charge in [0.2, 0.25) is 5.91 Å². The van der Waals surface area contributed by atoms with Gasteiger partial charge in [-0.1, -0.05) is 0 Å². The Morgan fingerprint density at radius 2 is 1.80 bits per heavy atom. The summed E-state index contributed by atoms with van der Waals surface area (Å²) >= 11 is 0. The predicted octanol–water partition coefficient (Wildman–Crippen LogP) is 1.56. The minimum absolute atomic E-state index is 0.0444. The van der Waals surface area contributed by atoms with E-state index >= 15 is 0 Å². The van der Waals surface area contributed by atoms with E-state index in [9.17, 15) is 18.4 Å². The number of ketones is 1. The number of nitrogens with zero attached hydrogens (tertiary/aromatic N) is 2. The molecule has 0 bridgehead atoms. The molecule has 1 aromatic carbocycles. The summed E-state index contributed by atoms with van der Waals surface area (Å²) in [6.45, 7) is 1.62. The van der Waals surface area contributed by atoms with Gasteiger partial charge >= 0.3 is 0 Å². The average molecular weight is 284 g/mol. The zero-order valence-corrected chi connectivity index (χ0v) is 12.0. The molecule has 20 heavy (non-hydrogen) atoms. The highest BCUT2D eigenvalue weighted by Crippen LogP contribution is 2.14. The molecule has 0 aliphatic rings. The summed E-state index contributed by atoms with van der Waals surface area (Å²) in [4.78, 5) is 26.6. The standard InChI is InChI=1S/C14H18F2N2O2/c1-9(18(4)8-13(19)17(2)3)14(20)11-6-5-10(15)7-12(11)16/h5-7,9H,8H2,1-4H3. The van der Waals surface area contributed by atoms with E-state index in [1.165, 1.54) is 9.80 Å². The second-order valence-electron chi connectivity index (χ2n) is 4.87. The average Bonchev–Trinajstić information content (AvgIpc) is 2.36. The lowest BCUT2D eigenvalue weighted by molar-refractivity contribution is -0.129. The van der Waals surface area contributed by atoms with Gasteiger partial charge in [-0.25, -0.2) is 8.78 Å². The number of benzene rings is 1. The van der Waals surface area contributed by atoms with Crippen LogP contribution in [0, 0.1) is 11.6 Å². The third kappa shape index (κ3) is 3.84. The van der Waals surface area contributed by atoms with Gasteiger partial charge < -0.3 is 4.90 Å². The first kappa shape index (κ1) is 16.2. The van der Waals surface area contributed by atoms with Gasteiger partial charge in [-0.3, -0.25) is 14.5 Å². The summed E-state index contributed by atoms with van der Waals surface area (Å²) in [5, 5.41) is 0. The SMILES string of the molecule is CC(C(=O)c1ccc(F)cc1F)N(C)CC(=O)N(C)C. The molecule has 0 aromatic heterocycles. The van der Waals surface area contributed by atoms with Crippen molar-refractivity contribution in [2.45, 2.75) is 13.0 Å². The molecule has 0 aliphatic carbocycles. The molecule has 1 amide bonds. The van der Waals surface area contributed by atoms with E-state index in [0.29, 0.717) is 6.07 Å². The molecule has 0 spiro atoms. The number of hydrogen-bond donors (Lipinski definition) is 0. The quantitative estimate of drug-likeness (QED) is 0.770. The van der Waals surface area contributed by atoms with Crippen molar-refractivity contribution in [3.05, 3.63) is 35.4 Å². The number of carbonyl (C=O) groups is 2. The molecule has 4 nitrogen and oxygen atoms in total. The molecular formula is C14H18F2N2O2. The van der Waals surface area contributed by atoms with E-state index in [1.807, 2.05) is 0 Å². The summed E-state index contributed by atoms with van der Waals surface area (Å²) in [7, 11) is 4.83. The van der Waals surface area contributed by atoms with Gasteiger partial charge in [-0.05, 0) is 26.1 Å². The lowest BCUT2D eigenvalue weighted by atomic mass is 10.0. The van der Waals surface area contributed by atoms with E-state index in [4.69, 9.17) is 0 Å². The smallest absolute Gasteiger partial charge is 0.236 e. The fraction of sp³-hybridized carbons (Fsp3) is 0.429. The first-order valence-corrected chi connectivity index (χ1v) is 6.13. The van der Waals surface area contributed by atoms with Gasteiger partial charge in [0.25, 0.3) is 0 Å². The molecule has 0 fully saturated rings. The summed E-state index contributed by atoms with van der Waals surface area (Å²) < 4.78 is 26.4. The van der Waals surface area contributed by atoms with Crippen LogP contribution >= 0.6 is 0 Å². The lowest BCUT2D eigenvalue weighted by Crippen LogP contribution is -2.42. The highest BCUT2D eigenvalue weighted by molar-refractivity contribution is 6.00. The first-order valence-electron chi connectivity index (χ1n) is 6.13. The van der Waals surface area contributed by atoms with Crippen molar-refractivity contribution >= 4 is 11.7 Å². The highest BCUT2D eigenvalue weighted by atomic mass is 19.1. The van der Waals surface area contributed by atoms with E-state index in [-0.39, 0.29) is 18.0 Å². The van der Waals surface area contributed by atoms with Gasteiger partial charge in [0, 0.05) is 20.2 Å². The van der Waals surface area contributed by atoms with Gasteiger partial charge in [0.05, 0.1) is 18.2 Å². The van der Waals surface area contributed by atoms with Crippen LogP contribution < -0.4 is 0 Å². The van der Waals surface area contributed by atoms with Crippen LogP contribution in [0.25, 0.3) is 0 Å². The van der Waals surface area contributed by atoms with Crippen LogP contribution in [0.5, 0.6) is 0 Å². The van der Waals surface area contributed by atoms with Gasteiger partial charge in [0.1, 0.15) is 11.6 Å². The van der Waals surface area contributed by atoms with E-state index in [2.05, 4.69) is 0 Å². The van der Waals surface area contributed by atoms with Crippen LogP contribution in [0.3, 0.4) is 0 Å². The molecule has 0 aliphatic heterocycles. The summed E-state index contributed by atoms with van der Waals surface area (Å²) in [6, 6.07) is 2.14. The summed E-state index contributed by atoms with van der Waals surface area (Å²) in [5.41, 5.74) is -0.178. The van der Waals surface area contributed by atoms with Gasteiger partial charge in [-0.2, -0.15) is 0 Å². The third-order valence-electron chi connectivity index (χ3n) is 3.12. The molecule has 0 heterocycles. The van der Waals surface area contributed by atoms with E-state index in [1.54, 1.807) is 28.1 Å².